The number of aromatic amines is 1. The van der Waals surface area contributed by atoms with Gasteiger partial charge in [-0.1, -0.05) is 6.07 Å². The molecule has 2 heterocycles. The Kier molecular flexibility index (Phi) is 4.83. The third-order valence-electron chi connectivity index (χ3n) is 3.45. The van der Waals surface area contributed by atoms with Crippen LogP contribution in [0.25, 0.3) is 0 Å². The average molecular weight is 315 g/mol. The van der Waals surface area contributed by atoms with Gasteiger partial charge < -0.3 is 15.0 Å². The Hall–Kier alpha value is -2.63. The van der Waals surface area contributed by atoms with Crippen LogP contribution in [0.2, 0.25) is 0 Å². The lowest BCUT2D eigenvalue weighted by atomic mass is 10.1. The van der Waals surface area contributed by atoms with Crippen molar-refractivity contribution in [3.05, 3.63) is 46.4 Å². The molecular formula is C17H21N3O3. The predicted molar refractivity (Wildman–Crippen MR) is 87.7 cm³/mol. The first-order chi connectivity index (χ1) is 10.8. The molecular weight excluding hydrogens is 294 g/mol. The van der Waals surface area contributed by atoms with Gasteiger partial charge in [0.05, 0.1) is 11.7 Å². The highest BCUT2D eigenvalue weighted by Crippen LogP contribution is 2.21. The predicted octanol–water partition coefficient (Wildman–Crippen LogP) is 3.15. The van der Waals surface area contributed by atoms with Gasteiger partial charge in [0.1, 0.15) is 11.5 Å². The Labute approximate surface area is 135 Å². The smallest absolute Gasteiger partial charge is 0.340 e. The lowest BCUT2D eigenvalue weighted by Crippen LogP contribution is -2.16. The highest BCUT2D eigenvalue weighted by atomic mass is 16.5. The molecule has 0 radical (unpaired) electrons. The first-order valence-electron chi connectivity index (χ1n) is 7.44. The number of amides is 1. The maximum absolute atomic E-state index is 12.5. The third-order valence-corrected chi connectivity index (χ3v) is 3.45. The van der Waals surface area contributed by atoms with Crippen LogP contribution in [0.5, 0.6) is 0 Å². The van der Waals surface area contributed by atoms with Crippen molar-refractivity contribution in [2.75, 3.05) is 5.32 Å². The van der Waals surface area contributed by atoms with Crippen LogP contribution in [-0.2, 0) is 4.74 Å². The zero-order valence-corrected chi connectivity index (χ0v) is 14.0. The van der Waals surface area contributed by atoms with Crippen molar-refractivity contribution in [1.82, 2.24) is 9.97 Å². The summed E-state index contributed by atoms with van der Waals surface area (Å²) in [6, 6.07) is 3.66. The number of carbonyl (C=O) groups is 2. The van der Waals surface area contributed by atoms with Crippen molar-refractivity contribution in [1.29, 1.82) is 0 Å². The number of anilines is 1. The number of pyridine rings is 1. The topological polar surface area (TPSA) is 84.1 Å². The van der Waals surface area contributed by atoms with Gasteiger partial charge in [-0.3, -0.25) is 4.79 Å². The minimum absolute atomic E-state index is 0.218. The van der Waals surface area contributed by atoms with E-state index in [-0.39, 0.29) is 12.0 Å². The molecule has 6 nitrogen and oxygen atoms in total. The molecule has 0 fully saturated rings. The molecule has 2 aromatic rings. The number of hydrogen-bond acceptors (Lipinski definition) is 4. The summed E-state index contributed by atoms with van der Waals surface area (Å²) in [4.78, 5) is 31.7. The first kappa shape index (κ1) is 16.7. The maximum atomic E-state index is 12.5. The van der Waals surface area contributed by atoms with Crippen LogP contribution in [0.1, 0.15) is 51.5 Å². The molecule has 0 saturated heterocycles. The molecule has 2 N–H and O–H groups in total. The molecule has 0 saturated carbocycles. The molecule has 0 aliphatic carbocycles. The number of ether oxygens (including phenoxy) is 1. The Morgan fingerprint density at radius 3 is 2.57 bits per heavy atom. The Morgan fingerprint density at radius 2 is 1.96 bits per heavy atom. The minimum atomic E-state index is -0.431. The number of nitrogens with one attached hydrogen (secondary N) is 2. The van der Waals surface area contributed by atoms with Crippen molar-refractivity contribution in [3.8, 4) is 0 Å². The van der Waals surface area contributed by atoms with Gasteiger partial charge >= 0.3 is 5.97 Å². The summed E-state index contributed by atoms with van der Waals surface area (Å²) in [5.41, 5.74) is 2.78. The van der Waals surface area contributed by atoms with Crippen molar-refractivity contribution >= 4 is 17.7 Å². The van der Waals surface area contributed by atoms with Crippen LogP contribution in [0.4, 0.5) is 5.82 Å². The molecule has 0 aliphatic rings. The Bertz CT molecular complexity index is 748. The van der Waals surface area contributed by atoms with Gasteiger partial charge in [0.25, 0.3) is 5.91 Å². The summed E-state index contributed by atoms with van der Waals surface area (Å²) in [6.45, 7) is 8.90. The van der Waals surface area contributed by atoms with E-state index in [1.165, 1.54) is 0 Å². The van der Waals surface area contributed by atoms with E-state index >= 15 is 0 Å². The van der Waals surface area contributed by atoms with Gasteiger partial charge in [0.15, 0.2) is 0 Å². The zero-order chi connectivity index (χ0) is 17.1. The molecule has 0 aromatic carbocycles. The molecule has 0 unspecified atom stereocenters. The SMILES string of the molecule is Cc1cccnc1NC(=O)c1[nH]c(C)c(C(=O)OC(C)C)c1C. The number of carbonyl (C=O) groups excluding carboxylic acids is 2. The van der Waals surface area contributed by atoms with Gasteiger partial charge in [-0.25, -0.2) is 9.78 Å². The summed E-state index contributed by atoms with van der Waals surface area (Å²) >= 11 is 0. The van der Waals surface area contributed by atoms with Crippen LogP contribution in [0.15, 0.2) is 18.3 Å². The molecule has 0 bridgehead atoms. The summed E-state index contributed by atoms with van der Waals surface area (Å²) in [7, 11) is 0. The van der Waals surface area contributed by atoms with E-state index in [2.05, 4.69) is 15.3 Å². The summed E-state index contributed by atoms with van der Waals surface area (Å²) < 4.78 is 5.23. The Morgan fingerprint density at radius 1 is 1.26 bits per heavy atom. The maximum Gasteiger partial charge on any atom is 0.340 e. The van der Waals surface area contributed by atoms with Crippen LogP contribution in [0.3, 0.4) is 0 Å². The highest BCUT2D eigenvalue weighted by molar-refractivity contribution is 6.06. The van der Waals surface area contributed by atoms with Gasteiger partial charge in [-0.05, 0) is 51.8 Å². The lowest BCUT2D eigenvalue weighted by Gasteiger charge is -2.08. The van der Waals surface area contributed by atoms with Crippen molar-refractivity contribution < 1.29 is 14.3 Å². The zero-order valence-electron chi connectivity index (χ0n) is 14.0. The molecule has 122 valence electrons. The third kappa shape index (κ3) is 3.59. The van der Waals surface area contributed by atoms with E-state index < -0.39 is 5.97 Å². The normalized spacial score (nSPS) is 10.7. The quantitative estimate of drug-likeness (QED) is 0.849. The van der Waals surface area contributed by atoms with Gasteiger partial charge in [0, 0.05) is 11.9 Å². The second-order valence-corrected chi connectivity index (χ2v) is 5.70. The van der Waals surface area contributed by atoms with E-state index in [4.69, 9.17) is 4.74 Å². The summed E-state index contributed by atoms with van der Waals surface area (Å²) in [6.07, 6.45) is 1.39. The van der Waals surface area contributed by atoms with E-state index in [9.17, 15) is 9.59 Å². The number of hydrogen-bond donors (Lipinski definition) is 2. The van der Waals surface area contributed by atoms with E-state index in [1.807, 2.05) is 13.0 Å². The van der Waals surface area contributed by atoms with E-state index in [1.54, 1.807) is 40.0 Å². The molecule has 2 aromatic heterocycles. The van der Waals surface area contributed by atoms with Gasteiger partial charge in [-0.2, -0.15) is 0 Å². The number of aromatic nitrogens is 2. The number of esters is 1. The fraction of sp³-hybridized carbons (Fsp3) is 0.353. The Balaban J connectivity index is 2.29. The van der Waals surface area contributed by atoms with Gasteiger partial charge in [0.2, 0.25) is 0 Å². The standard InChI is InChI=1S/C17H21N3O3/c1-9(2)23-17(22)13-11(4)14(19-12(13)5)16(21)20-15-10(3)7-6-8-18-15/h6-9,19H,1-5H3,(H,18,20,21). The summed E-state index contributed by atoms with van der Waals surface area (Å²) in [5, 5.41) is 2.75. The van der Waals surface area contributed by atoms with Crippen LogP contribution in [0, 0.1) is 20.8 Å². The van der Waals surface area contributed by atoms with Gasteiger partial charge in [-0.15, -0.1) is 0 Å². The van der Waals surface area contributed by atoms with Crippen LogP contribution < -0.4 is 5.32 Å². The van der Waals surface area contributed by atoms with Crippen molar-refractivity contribution in [2.24, 2.45) is 0 Å². The molecule has 1 amide bonds. The van der Waals surface area contributed by atoms with E-state index in [0.29, 0.717) is 28.3 Å². The number of H-pyrrole nitrogens is 1. The average Bonchev–Trinajstić information content (AvgIpc) is 2.75. The number of rotatable bonds is 4. The lowest BCUT2D eigenvalue weighted by molar-refractivity contribution is 0.0376. The monoisotopic (exact) mass is 315 g/mol. The van der Waals surface area contributed by atoms with E-state index in [0.717, 1.165) is 5.56 Å². The number of aryl methyl sites for hydroxylation is 2. The molecule has 0 spiro atoms. The molecule has 0 aliphatic heterocycles. The molecule has 0 atom stereocenters. The number of nitrogens with zero attached hydrogens (tertiary/aromatic N) is 1. The second kappa shape index (κ2) is 6.64. The highest BCUT2D eigenvalue weighted by Gasteiger charge is 2.24. The van der Waals surface area contributed by atoms with Crippen molar-refractivity contribution in [2.45, 2.75) is 40.7 Å². The summed E-state index contributed by atoms with van der Waals surface area (Å²) in [5.74, 6) is -0.272. The minimum Gasteiger partial charge on any atom is -0.459 e. The van der Waals surface area contributed by atoms with Crippen LogP contribution in [-0.4, -0.2) is 27.9 Å². The first-order valence-corrected chi connectivity index (χ1v) is 7.44. The fourth-order valence-corrected chi connectivity index (χ4v) is 2.34. The fourth-order valence-electron chi connectivity index (χ4n) is 2.34. The van der Waals surface area contributed by atoms with Crippen molar-refractivity contribution in [3.63, 3.8) is 0 Å². The largest absolute Gasteiger partial charge is 0.459 e. The molecule has 23 heavy (non-hydrogen) atoms. The molecule has 6 heteroatoms. The van der Waals surface area contributed by atoms with Crippen LogP contribution >= 0.6 is 0 Å². The molecule has 2 rings (SSSR count). The second-order valence-electron chi connectivity index (χ2n) is 5.70.